The van der Waals surface area contributed by atoms with Crippen molar-refractivity contribution in [1.82, 2.24) is 0 Å². The van der Waals surface area contributed by atoms with Gasteiger partial charge in [-0.1, -0.05) is 18.2 Å². The third kappa shape index (κ3) is 4.42. The molecule has 0 saturated heterocycles. The first-order valence-corrected chi connectivity index (χ1v) is 10.6. The Kier molecular flexibility index (Phi) is 5.70. The molecule has 1 heterocycles. The SMILES string of the molecule is CCS(=O)(=O)N1CCCc2cc(NC(=O)COc3ccccc3C)ccc21. The first-order chi connectivity index (χ1) is 12.9. The largest absolute Gasteiger partial charge is 0.483 e. The van der Waals surface area contributed by atoms with Gasteiger partial charge in [0.15, 0.2) is 6.61 Å². The average molecular weight is 388 g/mol. The Labute approximate surface area is 160 Å². The predicted molar refractivity (Wildman–Crippen MR) is 107 cm³/mol. The van der Waals surface area contributed by atoms with Crippen molar-refractivity contribution < 1.29 is 17.9 Å². The van der Waals surface area contributed by atoms with Gasteiger partial charge in [0, 0.05) is 12.2 Å². The van der Waals surface area contributed by atoms with Crippen LogP contribution in [0.3, 0.4) is 0 Å². The van der Waals surface area contributed by atoms with Gasteiger partial charge in [0.2, 0.25) is 10.0 Å². The van der Waals surface area contributed by atoms with Crippen molar-refractivity contribution >= 4 is 27.3 Å². The van der Waals surface area contributed by atoms with Crippen LogP contribution in [-0.2, 0) is 21.2 Å². The Morgan fingerprint density at radius 1 is 1.22 bits per heavy atom. The fraction of sp³-hybridized carbons (Fsp3) is 0.350. The maximum atomic E-state index is 12.3. The molecule has 27 heavy (non-hydrogen) atoms. The number of anilines is 2. The van der Waals surface area contributed by atoms with Crippen LogP contribution in [0.4, 0.5) is 11.4 Å². The molecule has 0 saturated carbocycles. The summed E-state index contributed by atoms with van der Waals surface area (Å²) in [4.78, 5) is 12.2. The van der Waals surface area contributed by atoms with Crippen molar-refractivity contribution in [2.45, 2.75) is 26.7 Å². The van der Waals surface area contributed by atoms with Crippen LogP contribution in [-0.4, -0.2) is 33.2 Å². The Bertz CT molecular complexity index is 941. The van der Waals surface area contributed by atoms with Crippen LogP contribution < -0.4 is 14.4 Å². The maximum Gasteiger partial charge on any atom is 0.262 e. The molecule has 144 valence electrons. The molecule has 7 heteroatoms. The quantitative estimate of drug-likeness (QED) is 0.825. The van der Waals surface area contributed by atoms with E-state index >= 15 is 0 Å². The van der Waals surface area contributed by atoms with Crippen molar-refractivity contribution in [3.63, 3.8) is 0 Å². The number of carbonyl (C=O) groups excluding carboxylic acids is 1. The summed E-state index contributed by atoms with van der Waals surface area (Å²) in [5.41, 5.74) is 3.24. The van der Waals surface area contributed by atoms with Crippen molar-refractivity contribution in [3.05, 3.63) is 53.6 Å². The van der Waals surface area contributed by atoms with Crippen LogP contribution in [0, 0.1) is 6.92 Å². The minimum atomic E-state index is -3.29. The number of aryl methyl sites for hydroxylation is 2. The van der Waals surface area contributed by atoms with E-state index in [0.29, 0.717) is 23.7 Å². The second-order valence-corrected chi connectivity index (χ2v) is 8.70. The molecule has 0 aliphatic carbocycles. The normalized spacial score (nSPS) is 13.8. The number of carbonyl (C=O) groups is 1. The zero-order valence-corrected chi connectivity index (χ0v) is 16.4. The molecule has 0 spiro atoms. The van der Waals surface area contributed by atoms with Crippen LogP contribution in [0.2, 0.25) is 0 Å². The lowest BCUT2D eigenvalue weighted by Gasteiger charge is -2.30. The lowest BCUT2D eigenvalue weighted by molar-refractivity contribution is -0.118. The van der Waals surface area contributed by atoms with Gasteiger partial charge in [-0.05, 0) is 62.1 Å². The highest BCUT2D eigenvalue weighted by molar-refractivity contribution is 7.92. The van der Waals surface area contributed by atoms with E-state index in [1.54, 1.807) is 19.1 Å². The van der Waals surface area contributed by atoms with Crippen LogP contribution >= 0.6 is 0 Å². The van der Waals surface area contributed by atoms with Gasteiger partial charge in [-0.25, -0.2) is 8.42 Å². The van der Waals surface area contributed by atoms with E-state index in [1.807, 2.05) is 37.3 Å². The Morgan fingerprint density at radius 2 is 2.00 bits per heavy atom. The molecule has 1 aliphatic rings. The standard InChI is InChI=1S/C20H24N2O4S/c1-3-27(24,25)22-12-6-8-16-13-17(10-11-18(16)22)21-20(23)14-26-19-9-5-4-7-15(19)2/h4-5,7,9-11,13H,3,6,8,12,14H2,1-2H3,(H,21,23). The van der Waals surface area contributed by atoms with E-state index < -0.39 is 10.0 Å². The zero-order chi connectivity index (χ0) is 19.4. The first kappa shape index (κ1) is 19.2. The summed E-state index contributed by atoms with van der Waals surface area (Å²) in [5.74, 6) is 0.492. The minimum Gasteiger partial charge on any atom is -0.483 e. The third-order valence-corrected chi connectivity index (χ3v) is 6.37. The number of fused-ring (bicyclic) bond motifs is 1. The van der Waals surface area contributed by atoms with Crippen molar-refractivity contribution in [2.24, 2.45) is 0 Å². The predicted octanol–water partition coefficient (Wildman–Crippen LogP) is 3.11. The number of hydrogen-bond acceptors (Lipinski definition) is 4. The van der Waals surface area contributed by atoms with E-state index in [-0.39, 0.29) is 18.3 Å². The molecule has 0 fully saturated rings. The molecule has 0 bridgehead atoms. The second-order valence-electron chi connectivity index (χ2n) is 6.52. The van der Waals surface area contributed by atoms with Crippen molar-refractivity contribution in [2.75, 3.05) is 28.5 Å². The van der Waals surface area contributed by atoms with Crippen molar-refractivity contribution in [1.29, 1.82) is 0 Å². The molecule has 6 nitrogen and oxygen atoms in total. The molecule has 0 aromatic heterocycles. The second kappa shape index (κ2) is 8.00. The van der Waals surface area contributed by atoms with Gasteiger partial charge < -0.3 is 10.1 Å². The summed E-state index contributed by atoms with van der Waals surface area (Å²) in [6, 6.07) is 12.9. The smallest absolute Gasteiger partial charge is 0.262 e. The number of amides is 1. The van der Waals surface area contributed by atoms with E-state index in [4.69, 9.17) is 4.74 Å². The Morgan fingerprint density at radius 3 is 2.74 bits per heavy atom. The highest BCUT2D eigenvalue weighted by Gasteiger charge is 2.26. The van der Waals surface area contributed by atoms with Gasteiger partial charge in [0.1, 0.15) is 5.75 Å². The molecule has 2 aromatic rings. The summed E-state index contributed by atoms with van der Waals surface area (Å²) in [5, 5.41) is 2.82. The number of benzene rings is 2. The maximum absolute atomic E-state index is 12.3. The summed E-state index contributed by atoms with van der Waals surface area (Å²) in [7, 11) is -3.29. The summed E-state index contributed by atoms with van der Waals surface area (Å²) >= 11 is 0. The number of sulfonamides is 1. The molecule has 0 unspecified atom stereocenters. The summed E-state index contributed by atoms with van der Waals surface area (Å²) in [6.45, 7) is 3.98. The third-order valence-electron chi connectivity index (χ3n) is 4.59. The van der Waals surface area contributed by atoms with Gasteiger partial charge in [-0.15, -0.1) is 0 Å². The average Bonchev–Trinajstić information content (AvgIpc) is 2.66. The number of nitrogens with one attached hydrogen (secondary N) is 1. The molecule has 1 N–H and O–H groups in total. The van der Waals surface area contributed by atoms with Crippen LogP contribution in [0.15, 0.2) is 42.5 Å². The number of rotatable bonds is 6. The molecule has 2 aromatic carbocycles. The van der Waals surface area contributed by atoms with Crippen LogP contribution in [0.1, 0.15) is 24.5 Å². The Balaban J connectivity index is 1.68. The van der Waals surface area contributed by atoms with E-state index in [2.05, 4.69) is 5.32 Å². The lowest BCUT2D eigenvalue weighted by atomic mass is 10.0. The highest BCUT2D eigenvalue weighted by atomic mass is 32.2. The number of hydrogen-bond donors (Lipinski definition) is 1. The van der Waals surface area contributed by atoms with Crippen molar-refractivity contribution in [3.8, 4) is 5.75 Å². The molecule has 0 radical (unpaired) electrons. The number of nitrogens with zero attached hydrogens (tertiary/aromatic N) is 1. The van der Waals surface area contributed by atoms with E-state index in [1.165, 1.54) is 4.31 Å². The molecular weight excluding hydrogens is 364 g/mol. The van der Waals surface area contributed by atoms with Gasteiger partial charge in [0.05, 0.1) is 11.4 Å². The van der Waals surface area contributed by atoms with Gasteiger partial charge in [0.25, 0.3) is 5.91 Å². The first-order valence-electron chi connectivity index (χ1n) is 9.02. The number of para-hydroxylation sites is 1. The van der Waals surface area contributed by atoms with Gasteiger partial charge >= 0.3 is 0 Å². The Hall–Kier alpha value is -2.54. The van der Waals surface area contributed by atoms with E-state index in [9.17, 15) is 13.2 Å². The minimum absolute atomic E-state index is 0.0706. The molecular formula is C20H24N2O4S. The zero-order valence-electron chi connectivity index (χ0n) is 15.6. The van der Waals surface area contributed by atoms with E-state index in [0.717, 1.165) is 24.0 Å². The fourth-order valence-electron chi connectivity index (χ4n) is 3.14. The van der Waals surface area contributed by atoms with Crippen LogP contribution in [0.25, 0.3) is 0 Å². The number of ether oxygens (including phenoxy) is 1. The van der Waals surface area contributed by atoms with Crippen LogP contribution in [0.5, 0.6) is 5.75 Å². The highest BCUT2D eigenvalue weighted by Crippen LogP contribution is 2.31. The van der Waals surface area contributed by atoms with Gasteiger partial charge in [-0.3, -0.25) is 9.10 Å². The molecule has 3 rings (SSSR count). The lowest BCUT2D eigenvalue weighted by Crippen LogP contribution is -2.36. The summed E-state index contributed by atoms with van der Waals surface area (Å²) < 4.78 is 31.6. The molecule has 0 atom stereocenters. The monoisotopic (exact) mass is 388 g/mol. The molecule has 1 aliphatic heterocycles. The van der Waals surface area contributed by atoms with Gasteiger partial charge in [-0.2, -0.15) is 0 Å². The topological polar surface area (TPSA) is 75.7 Å². The fourth-order valence-corrected chi connectivity index (χ4v) is 4.34. The molecule has 1 amide bonds. The summed E-state index contributed by atoms with van der Waals surface area (Å²) in [6.07, 6.45) is 1.55.